The molecule has 6 heteroatoms. The van der Waals surface area contributed by atoms with Gasteiger partial charge in [0, 0.05) is 30.4 Å². The first-order valence-electron chi connectivity index (χ1n) is 5.36. The van der Waals surface area contributed by atoms with Crippen molar-refractivity contribution >= 4 is 0 Å². The van der Waals surface area contributed by atoms with Crippen LogP contribution in [0, 0.1) is 6.92 Å². The van der Waals surface area contributed by atoms with Gasteiger partial charge in [-0.05, 0) is 19.1 Å². The number of hydrogen-bond donors (Lipinski definition) is 0. The van der Waals surface area contributed by atoms with Crippen molar-refractivity contribution in [2.45, 2.75) is 6.92 Å². The lowest BCUT2D eigenvalue weighted by Crippen LogP contribution is -1.88. The van der Waals surface area contributed by atoms with Crippen molar-refractivity contribution in [3.05, 3.63) is 42.7 Å². The summed E-state index contributed by atoms with van der Waals surface area (Å²) < 4.78 is 5.19. The molecule has 18 heavy (non-hydrogen) atoms. The van der Waals surface area contributed by atoms with E-state index in [1.54, 1.807) is 24.8 Å². The lowest BCUT2D eigenvalue weighted by Gasteiger charge is -1.93. The molecule has 0 radical (unpaired) electrons. The fraction of sp³-hybridized carbons (Fsp3) is 0.0833. The molecule has 0 N–H and O–H groups in total. The number of nitrogens with zero attached hydrogens (tertiary/aromatic N) is 5. The van der Waals surface area contributed by atoms with E-state index in [0.717, 1.165) is 11.1 Å². The van der Waals surface area contributed by atoms with Crippen molar-refractivity contribution in [1.82, 2.24) is 25.1 Å². The molecule has 0 bridgehead atoms. The Hall–Kier alpha value is -2.63. The van der Waals surface area contributed by atoms with E-state index in [1.165, 1.54) is 0 Å². The highest BCUT2D eigenvalue weighted by Crippen LogP contribution is 2.20. The fourth-order valence-electron chi connectivity index (χ4n) is 1.46. The fourth-order valence-corrected chi connectivity index (χ4v) is 1.46. The van der Waals surface area contributed by atoms with Crippen LogP contribution in [-0.2, 0) is 0 Å². The molecule has 3 aromatic rings. The Labute approximate surface area is 103 Å². The molecule has 0 aliphatic carbocycles. The van der Waals surface area contributed by atoms with E-state index in [9.17, 15) is 0 Å². The smallest absolute Gasteiger partial charge is 0.258 e. The minimum atomic E-state index is 0.452. The summed E-state index contributed by atoms with van der Waals surface area (Å²) in [6, 6.07) is 3.62. The van der Waals surface area contributed by atoms with Gasteiger partial charge in [-0.15, -0.1) is 0 Å². The number of hydrogen-bond acceptors (Lipinski definition) is 6. The highest BCUT2D eigenvalue weighted by molar-refractivity contribution is 5.57. The maximum Gasteiger partial charge on any atom is 0.258 e. The third-order valence-corrected chi connectivity index (χ3v) is 2.39. The second-order valence-corrected chi connectivity index (χ2v) is 3.68. The van der Waals surface area contributed by atoms with Gasteiger partial charge in [0.2, 0.25) is 5.82 Å². The highest BCUT2D eigenvalue weighted by Gasteiger charge is 2.10. The minimum absolute atomic E-state index is 0.452. The lowest BCUT2D eigenvalue weighted by atomic mass is 10.3. The van der Waals surface area contributed by atoms with Crippen LogP contribution in [0.15, 0.2) is 41.4 Å². The molecule has 0 saturated carbocycles. The molecule has 0 unspecified atom stereocenters. The third-order valence-electron chi connectivity index (χ3n) is 2.39. The molecule has 0 amide bonds. The van der Waals surface area contributed by atoms with E-state index in [0.29, 0.717) is 17.5 Å². The summed E-state index contributed by atoms with van der Waals surface area (Å²) in [6.07, 6.45) is 6.69. The van der Waals surface area contributed by atoms with Gasteiger partial charge in [0.1, 0.15) is 5.82 Å². The van der Waals surface area contributed by atoms with Gasteiger partial charge in [-0.2, -0.15) is 4.98 Å². The monoisotopic (exact) mass is 239 g/mol. The number of rotatable bonds is 2. The van der Waals surface area contributed by atoms with Crippen molar-refractivity contribution in [2.75, 3.05) is 0 Å². The second-order valence-electron chi connectivity index (χ2n) is 3.68. The Morgan fingerprint density at radius 1 is 1.00 bits per heavy atom. The highest BCUT2D eigenvalue weighted by atomic mass is 16.5. The topological polar surface area (TPSA) is 77.6 Å². The van der Waals surface area contributed by atoms with Crippen molar-refractivity contribution < 1.29 is 4.52 Å². The van der Waals surface area contributed by atoms with Crippen LogP contribution in [0.4, 0.5) is 0 Å². The number of aryl methyl sites for hydroxylation is 1. The number of aromatic nitrogens is 5. The van der Waals surface area contributed by atoms with Crippen LogP contribution in [0.3, 0.4) is 0 Å². The summed E-state index contributed by atoms with van der Waals surface area (Å²) in [5.41, 5.74) is 1.56. The maximum absolute atomic E-state index is 5.19. The van der Waals surface area contributed by atoms with Crippen LogP contribution in [0.5, 0.6) is 0 Å². The summed E-state index contributed by atoms with van der Waals surface area (Å²) in [5.74, 6) is 1.63. The molecule has 88 valence electrons. The Balaban J connectivity index is 1.97. The van der Waals surface area contributed by atoms with Crippen molar-refractivity contribution in [3.63, 3.8) is 0 Å². The third kappa shape index (κ3) is 1.95. The van der Waals surface area contributed by atoms with Crippen LogP contribution in [-0.4, -0.2) is 25.1 Å². The number of pyridine rings is 1. The van der Waals surface area contributed by atoms with E-state index in [2.05, 4.69) is 25.1 Å². The molecule has 0 saturated heterocycles. The molecule has 3 heterocycles. The molecule has 0 aliphatic rings. The quantitative estimate of drug-likeness (QED) is 0.679. The Morgan fingerprint density at radius 2 is 1.72 bits per heavy atom. The van der Waals surface area contributed by atoms with Gasteiger partial charge in [-0.1, -0.05) is 5.16 Å². The first-order chi connectivity index (χ1) is 8.83. The SMILES string of the molecule is Cc1ncc(-c2noc(-c3ccncc3)n2)cn1. The molecule has 0 fully saturated rings. The molecular weight excluding hydrogens is 230 g/mol. The van der Waals surface area contributed by atoms with Crippen LogP contribution >= 0.6 is 0 Å². The summed E-state index contributed by atoms with van der Waals surface area (Å²) in [6.45, 7) is 1.82. The van der Waals surface area contributed by atoms with Gasteiger partial charge in [-0.3, -0.25) is 4.98 Å². The molecule has 0 atom stereocenters. The van der Waals surface area contributed by atoms with Gasteiger partial charge in [-0.25, -0.2) is 9.97 Å². The Kier molecular flexibility index (Phi) is 2.53. The van der Waals surface area contributed by atoms with E-state index in [-0.39, 0.29) is 0 Å². The molecule has 0 spiro atoms. The second kappa shape index (κ2) is 4.33. The zero-order chi connectivity index (χ0) is 12.4. The van der Waals surface area contributed by atoms with Crippen LogP contribution in [0.2, 0.25) is 0 Å². The first-order valence-corrected chi connectivity index (χ1v) is 5.36. The molecule has 3 rings (SSSR count). The van der Waals surface area contributed by atoms with E-state index < -0.39 is 0 Å². The molecular formula is C12H9N5O. The Morgan fingerprint density at radius 3 is 2.44 bits per heavy atom. The summed E-state index contributed by atoms with van der Waals surface area (Å²) in [7, 11) is 0. The van der Waals surface area contributed by atoms with E-state index in [4.69, 9.17) is 4.52 Å². The van der Waals surface area contributed by atoms with E-state index in [1.807, 2.05) is 19.1 Å². The average molecular weight is 239 g/mol. The molecule has 0 aliphatic heterocycles. The standard InChI is InChI=1S/C12H9N5O/c1-8-14-6-10(7-15-8)11-16-12(18-17-11)9-2-4-13-5-3-9/h2-7H,1H3. The predicted octanol–water partition coefficient (Wildman–Crippen LogP) is 1.90. The van der Waals surface area contributed by atoms with Gasteiger partial charge in [0.05, 0.1) is 5.56 Å². The van der Waals surface area contributed by atoms with E-state index >= 15 is 0 Å². The molecule has 3 aromatic heterocycles. The largest absolute Gasteiger partial charge is 0.334 e. The average Bonchev–Trinajstić information content (AvgIpc) is 2.90. The van der Waals surface area contributed by atoms with Gasteiger partial charge in [0.25, 0.3) is 5.89 Å². The molecule has 6 nitrogen and oxygen atoms in total. The minimum Gasteiger partial charge on any atom is -0.334 e. The van der Waals surface area contributed by atoms with Crippen LogP contribution < -0.4 is 0 Å². The Bertz CT molecular complexity index is 648. The normalized spacial score (nSPS) is 10.5. The summed E-state index contributed by atoms with van der Waals surface area (Å²) in [5, 5.41) is 3.91. The van der Waals surface area contributed by atoms with Crippen molar-refractivity contribution in [2.24, 2.45) is 0 Å². The molecule has 0 aromatic carbocycles. The van der Waals surface area contributed by atoms with Gasteiger partial charge in [0.15, 0.2) is 0 Å². The first kappa shape index (κ1) is 10.5. The summed E-state index contributed by atoms with van der Waals surface area (Å²) >= 11 is 0. The maximum atomic E-state index is 5.19. The van der Waals surface area contributed by atoms with Crippen molar-refractivity contribution in [3.8, 4) is 22.8 Å². The predicted molar refractivity (Wildman–Crippen MR) is 63.3 cm³/mol. The lowest BCUT2D eigenvalue weighted by molar-refractivity contribution is 0.432. The van der Waals surface area contributed by atoms with Gasteiger partial charge < -0.3 is 4.52 Å². The summed E-state index contributed by atoms with van der Waals surface area (Å²) in [4.78, 5) is 16.4. The van der Waals surface area contributed by atoms with Crippen molar-refractivity contribution in [1.29, 1.82) is 0 Å². The zero-order valence-corrected chi connectivity index (χ0v) is 9.61. The van der Waals surface area contributed by atoms with Crippen LogP contribution in [0.25, 0.3) is 22.8 Å². The van der Waals surface area contributed by atoms with Crippen LogP contribution in [0.1, 0.15) is 5.82 Å². The van der Waals surface area contributed by atoms with Gasteiger partial charge >= 0.3 is 0 Å². The zero-order valence-electron chi connectivity index (χ0n) is 9.61.